The largest absolute Gasteiger partial charge is 0.353 e. The Morgan fingerprint density at radius 1 is 1.71 bits per heavy atom. The molecule has 0 bridgehead atoms. The number of carbonyl (C=O) groups is 1. The Bertz CT molecular complexity index is 203. The maximum absolute atomic E-state index is 11.6. The Kier molecular flexibility index (Phi) is 4.60. The van der Waals surface area contributed by atoms with Gasteiger partial charge in [0.05, 0.1) is 6.04 Å². The number of nitrogens with one attached hydrogen (secondary N) is 2. The van der Waals surface area contributed by atoms with Crippen LogP contribution in [0.5, 0.6) is 0 Å². The van der Waals surface area contributed by atoms with Crippen LogP contribution in [0.2, 0.25) is 0 Å². The van der Waals surface area contributed by atoms with E-state index in [0.29, 0.717) is 0 Å². The molecule has 0 spiro atoms. The normalized spacial score (nSPS) is 22.4. The molecule has 82 valence electrons. The highest BCUT2D eigenvalue weighted by molar-refractivity contribution is 8.00. The lowest BCUT2D eigenvalue weighted by Crippen LogP contribution is -2.46. The van der Waals surface area contributed by atoms with Crippen LogP contribution in [0.15, 0.2) is 0 Å². The minimum absolute atomic E-state index is 0.0117. The summed E-state index contributed by atoms with van der Waals surface area (Å²) in [6, 6.07) is 0.0117. The molecule has 3 nitrogen and oxygen atoms in total. The van der Waals surface area contributed by atoms with Gasteiger partial charge in [-0.15, -0.1) is 11.8 Å². The topological polar surface area (TPSA) is 41.1 Å². The highest BCUT2D eigenvalue weighted by Gasteiger charge is 2.24. The van der Waals surface area contributed by atoms with Gasteiger partial charge in [0.2, 0.25) is 5.91 Å². The van der Waals surface area contributed by atoms with Crippen molar-refractivity contribution in [3.05, 3.63) is 0 Å². The lowest BCUT2D eigenvalue weighted by Gasteiger charge is -2.23. The fraction of sp³-hybridized carbons (Fsp3) is 0.889. The summed E-state index contributed by atoms with van der Waals surface area (Å²) < 4.78 is 0.126. The monoisotopic (exact) mass is 234 g/mol. The van der Waals surface area contributed by atoms with Gasteiger partial charge in [-0.05, 0) is 20.1 Å². The molecule has 1 amide bonds. The van der Waals surface area contributed by atoms with Crippen LogP contribution < -0.4 is 10.6 Å². The van der Waals surface area contributed by atoms with E-state index in [1.807, 2.05) is 0 Å². The average molecular weight is 234 g/mol. The van der Waals surface area contributed by atoms with Crippen LogP contribution in [-0.4, -0.2) is 41.1 Å². The maximum atomic E-state index is 11.6. The van der Waals surface area contributed by atoms with E-state index in [1.54, 1.807) is 23.5 Å². The smallest absolute Gasteiger partial charge is 0.238 e. The van der Waals surface area contributed by atoms with E-state index in [4.69, 9.17) is 0 Å². The quantitative estimate of drug-likeness (QED) is 0.758. The van der Waals surface area contributed by atoms with Crippen LogP contribution in [0.25, 0.3) is 0 Å². The van der Waals surface area contributed by atoms with E-state index in [-0.39, 0.29) is 16.7 Å². The molecule has 1 fully saturated rings. The molecular formula is C9H18N2OS2. The molecule has 0 radical (unpaired) electrons. The molecule has 1 saturated heterocycles. The van der Waals surface area contributed by atoms with Gasteiger partial charge in [-0.1, -0.05) is 0 Å². The molecule has 1 aliphatic rings. The number of thioether (sulfide) groups is 2. The van der Waals surface area contributed by atoms with Gasteiger partial charge < -0.3 is 5.32 Å². The van der Waals surface area contributed by atoms with Crippen molar-refractivity contribution < 1.29 is 4.79 Å². The van der Waals surface area contributed by atoms with Crippen LogP contribution in [0, 0.1) is 0 Å². The maximum Gasteiger partial charge on any atom is 0.238 e. The highest BCUT2D eigenvalue weighted by atomic mass is 32.2. The summed E-state index contributed by atoms with van der Waals surface area (Å²) in [6.45, 7) is 5.00. The van der Waals surface area contributed by atoms with Crippen molar-refractivity contribution in [3.63, 3.8) is 0 Å². The Morgan fingerprint density at radius 2 is 2.43 bits per heavy atom. The minimum atomic E-state index is 0.0117. The van der Waals surface area contributed by atoms with Crippen LogP contribution in [0.3, 0.4) is 0 Å². The molecule has 14 heavy (non-hydrogen) atoms. The molecule has 1 atom stereocenters. The van der Waals surface area contributed by atoms with Gasteiger partial charge in [-0.2, -0.15) is 11.8 Å². The Labute approximate surface area is 94.2 Å². The zero-order valence-electron chi connectivity index (χ0n) is 8.92. The summed E-state index contributed by atoms with van der Waals surface area (Å²) >= 11 is 3.54. The summed E-state index contributed by atoms with van der Waals surface area (Å²) in [5.74, 6) is 1.92. The van der Waals surface area contributed by atoms with E-state index in [2.05, 4.69) is 30.7 Å². The molecule has 1 rings (SSSR count). The van der Waals surface area contributed by atoms with Crippen molar-refractivity contribution in [1.29, 1.82) is 0 Å². The van der Waals surface area contributed by atoms with E-state index < -0.39 is 0 Å². The first-order chi connectivity index (χ1) is 6.55. The lowest BCUT2D eigenvalue weighted by atomic mass is 10.2. The third-order valence-corrected chi connectivity index (χ3v) is 4.46. The van der Waals surface area contributed by atoms with Gasteiger partial charge in [0, 0.05) is 22.9 Å². The SMILES string of the molecule is CSC(C)(C)CNC(=O)C1CSCN1. The van der Waals surface area contributed by atoms with E-state index >= 15 is 0 Å². The van der Waals surface area contributed by atoms with Gasteiger partial charge in [-0.3, -0.25) is 10.1 Å². The van der Waals surface area contributed by atoms with Crippen LogP contribution in [0.4, 0.5) is 0 Å². The molecular weight excluding hydrogens is 216 g/mol. The van der Waals surface area contributed by atoms with Crippen molar-refractivity contribution in [3.8, 4) is 0 Å². The van der Waals surface area contributed by atoms with E-state index in [9.17, 15) is 4.79 Å². The summed E-state index contributed by atoms with van der Waals surface area (Å²) in [4.78, 5) is 11.6. The van der Waals surface area contributed by atoms with Gasteiger partial charge in [0.15, 0.2) is 0 Å². The molecule has 1 heterocycles. The second-order valence-electron chi connectivity index (χ2n) is 3.95. The molecule has 5 heteroatoms. The summed E-state index contributed by atoms with van der Waals surface area (Å²) in [7, 11) is 0. The molecule has 1 unspecified atom stereocenters. The zero-order valence-corrected chi connectivity index (χ0v) is 10.6. The van der Waals surface area contributed by atoms with E-state index in [0.717, 1.165) is 18.2 Å². The summed E-state index contributed by atoms with van der Waals surface area (Å²) in [5, 5.41) is 6.13. The van der Waals surface area contributed by atoms with E-state index in [1.165, 1.54) is 0 Å². The number of amides is 1. The first-order valence-corrected chi connectivity index (χ1v) is 7.07. The number of hydrogen-bond donors (Lipinski definition) is 2. The van der Waals surface area contributed by atoms with Crippen molar-refractivity contribution >= 4 is 29.4 Å². The average Bonchev–Trinajstić information content (AvgIpc) is 2.67. The predicted molar refractivity (Wildman–Crippen MR) is 64.9 cm³/mol. The first-order valence-electron chi connectivity index (χ1n) is 4.69. The predicted octanol–water partition coefficient (Wildman–Crippen LogP) is 0.907. The summed E-state index contributed by atoms with van der Waals surface area (Å²) in [5.41, 5.74) is 0. The second-order valence-corrected chi connectivity index (χ2v) is 6.50. The van der Waals surface area contributed by atoms with Crippen LogP contribution in [-0.2, 0) is 4.79 Å². The van der Waals surface area contributed by atoms with Crippen molar-refractivity contribution in [1.82, 2.24) is 10.6 Å². The van der Waals surface area contributed by atoms with Crippen LogP contribution in [0.1, 0.15) is 13.8 Å². The fourth-order valence-corrected chi connectivity index (χ4v) is 2.22. The Balaban J connectivity index is 2.27. The van der Waals surface area contributed by atoms with Crippen LogP contribution >= 0.6 is 23.5 Å². The third-order valence-electron chi connectivity index (χ3n) is 2.27. The fourth-order valence-electron chi connectivity index (χ4n) is 1.06. The Morgan fingerprint density at radius 3 is 2.93 bits per heavy atom. The second kappa shape index (κ2) is 5.28. The van der Waals surface area contributed by atoms with Crippen molar-refractivity contribution in [2.75, 3.05) is 24.4 Å². The molecule has 0 aromatic rings. The number of hydrogen-bond acceptors (Lipinski definition) is 4. The number of rotatable bonds is 4. The standard InChI is InChI=1S/C9H18N2OS2/c1-9(2,13-3)5-10-8(12)7-4-14-6-11-7/h7,11H,4-6H2,1-3H3,(H,10,12). The summed E-state index contributed by atoms with van der Waals surface area (Å²) in [6.07, 6.45) is 2.07. The first kappa shape index (κ1) is 12.2. The highest BCUT2D eigenvalue weighted by Crippen LogP contribution is 2.19. The lowest BCUT2D eigenvalue weighted by molar-refractivity contribution is -0.122. The molecule has 2 N–H and O–H groups in total. The van der Waals surface area contributed by atoms with Gasteiger partial charge in [0.1, 0.15) is 0 Å². The van der Waals surface area contributed by atoms with Gasteiger partial charge >= 0.3 is 0 Å². The molecule has 0 aromatic carbocycles. The van der Waals surface area contributed by atoms with Crippen molar-refractivity contribution in [2.45, 2.75) is 24.6 Å². The number of carbonyl (C=O) groups excluding carboxylic acids is 1. The molecule has 0 saturated carbocycles. The molecule has 1 aliphatic heterocycles. The Hall–Kier alpha value is 0.130. The minimum Gasteiger partial charge on any atom is -0.353 e. The molecule has 0 aromatic heterocycles. The third kappa shape index (κ3) is 3.71. The zero-order chi connectivity index (χ0) is 10.6. The molecule has 0 aliphatic carbocycles. The van der Waals surface area contributed by atoms with Crippen molar-refractivity contribution in [2.24, 2.45) is 0 Å². The van der Waals surface area contributed by atoms with Gasteiger partial charge in [-0.25, -0.2) is 0 Å². The van der Waals surface area contributed by atoms with Gasteiger partial charge in [0.25, 0.3) is 0 Å².